The lowest BCUT2D eigenvalue weighted by molar-refractivity contribution is -0.0330. The molecule has 1 heterocycles. The van der Waals surface area contributed by atoms with Crippen LogP contribution in [-0.4, -0.2) is 38.8 Å². The molecule has 0 N–H and O–H groups in total. The molecule has 4 rings (SSSR count). The molecule has 0 radical (unpaired) electrons. The summed E-state index contributed by atoms with van der Waals surface area (Å²) in [5.41, 5.74) is 2.00. The zero-order valence-electron chi connectivity index (χ0n) is 16.2. The van der Waals surface area contributed by atoms with Crippen LogP contribution >= 0.6 is 0 Å². The molecule has 1 aliphatic rings. The molecule has 4 nitrogen and oxygen atoms in total. The molecule has 1 unspecified atom stereocenters. The van der Waals surface area contributed by atoms with Crippen LogP contribution in [0.5, 0.6) is 11.5 Å². The van der Waals surface area contributed by atoms with Crippen molar-refractivity contribution >= 4 is 10.8 Å². The minimum absolute atomic E-state index is 0.0141. The minimum atomic E-state index is -0.245. The third kappa shape index (κ3) is 3.96. The third-order valence-corrected chi connectivity index (χ3v) is 5.23. The molecule has 3 aromatic carbocycles. The van der Waals surface area contributed by atoms with E-state index in [1.807, 2.05) is 12.1 Å². The number of hydrogen-bond donors (Lipinski definition) is 0. The topological polar surface area (TPSA) is 30.9 Å². The largest absolute Gasteiger partial charge is 0.497 e. The first-order chi connectivity index (χ1) is 13.7. The molecule has 0 bridgehead atoms. The number of fused-ring (bicyclic) bond motifs is 1. The molecule has 28 heavy (non-hydrogen) atoms. The van der Waals surface area contributed by atoms with Crippen molar-refractivity contribution in [3.8, 4) is 11.5 Å². The van der Waals surface area contributed by atoms with Gasteiger partial charge >= 0.3 is 0 Å². The Morgan fingerprint density at radius 2 is 1.82 bits per heavy atom. The SMILES string of the molecule is COc1ccc2cc(C3CN(Cc4cc(F)ccc4OC)CCO3)ccc2c1. The Morgan fingerprint density at radius 1 is 1.00 bits per heavy atom. The molecule has 5 heteroatoms. The Hall–Kier alpha value is -2.63. The van der Waals surface area contributed by atoms with Crippen molar-refractivity contribution in [3.63, 3.8) is 0 Å². The van der Waals surface area contributed by atoms with Crippen LogP contribution in [0.25, 0.3) is 10.8 Å². The lowest BCUT2D eigenvalue weighted by Gasteiger charge is -2.33. The molecule has 0 saturated carbocycles. The highest BCUT2D eigenvalue weighted by Crippen LogP contribution is 2.29. The summed E-state index contributed by atoms with van der Waals surface area (Å²) in [6.07, 6.45) is -0.0141. The summed E-state index contributed by atoms with van der Waals surface area (Å²) in [6, 6.07) is 17.1. The monoisotopic (exact) mass is 381 g/mol. The van der Waals surface area contributed by atoms with Crippen molar-refractivity contribution in [1.29, 1.82) is 0 Å². The highest BCUT2D eigenvalue weighted by Gasteiger charge is 2.23. The van der Waals surface area contributed by atoms with Gasteiger partial charge in [0.25, 0.3) is 0 Å². The molecule has 0 aliphatic carbocycles. The minimum Gasteiger partial charge on any atom is -0.497 e. The van der Waals surface area contributed by atoms with Gasteiger partial charge in [-0.2, -0.15) is 0 Å². The molecule has 1 fully saturated rings. The normalized spacial score (nSPS) is 17.6. The average Bonchev–Trinajstić information content (AvgIpc) is 2.73. The third-order valence-electron chi connectivity index (χ3n) is 5.23. The highest BCUT2D eigenvalue weighted by atomic mass is 19.1. The molecule has 1 saturated heterocycles. The Kier molecular flexibility index (Phi) is 5.46. The van der Waals surface area contributed by atoms with E-state index in [0.29, 0.717) is 18.9 Å². The number of rotatable bonds is 5. The van der Waals surface area contributed by atoms with Crippen LogP contribution in [0.2, 0.25) is 0 Å². The van der Waals surface area contributed by atoms with Gasteiger partial charge in [-0.15, -0.1) is 0 Å². The molecule has 1 aliphatic heterocycles. The van der Waals surface area contributed by atoms with Gasteiger partial charge in [-0.1, -0.05) is 18.2 Å². The van der Waals surface area contributed by atoms with E-state index in [4.69, 9.17) is 14.2 Å². The van der Waals surface area contributed by atoms with Gasteiger partial charge in [-0.25, -0.2) is 4.39 Å². The average molecular weight is 381 g/mol. The smallest absolute Gasteiger partial charge is 0.123 e. The highest BCUT2D eigenvalue weighted by molar-refractivity contribution is 5.84. The fraction of sp³-hybridized carbons (Fsp3) is 0.304. The van der Waals surface area contributed by atoms with Gasteiger partial charge in [-0.05, 0) is 52.7 Å². The van der Waals surface area contributed by atoms with Crippen molar-refractivity contribution in [1.82, 2.24) is 4.90 Å². The summed E-state index contributed by atoms with van der Waals surface area (Å²) in [6.45, 7) is 2.83. The number of halogens is 1. The second kappa shape index (κ2) is 8.17. The van der Waals surface area contributed by atoms with Gasteiger partial charge in [0, 0.05) is 25.2 Å². The number of hydrogen-bond acceptors (Lipinski definition) is 4. The zero-order chi connectivity index (χ0) is 19.5. The van der Waals surface area contributed by atoms with E-state index < -0.39 is 0 Å². The molecular formula is C23H24FNO3. The van der Waals surface area contributed by atoms with Gasteiger partial charge in [0.05, 0.1) is 26.9 Å². The van der Waals surface area contributed by atoms with Crippen LogP contribution in [0.15, 0.2) is 54.6 Å². The second-order valence-electron chi connectivity index (χ2n) is 7.02. The van der Waals surface area contributed by atoms with Crippen molar-refractivity contribution < 1.29 is 18.6 Å². The van der Waals surface area contributed by atoms with Crippen LogP contribution in [0.1, 0.15) is 17.2 Å². The van der Waals surface area contributed by atoms with E-state index in [1.54, 1.807) is 26.4 Å². The Morgan fingerprint density at radius 3 is 2.64 bits per heavy atom. The second-order valence-corrected chi connectivity index (χ2v) is 7.02. The van der Waals surface area contributed by atoms with Crippen LogP contribution in [0.3, 0.4) is 0 Å². The maximum atomic E-state index is 13.7. The van der Waals surface area contributed by atoms with Crippen LogP contribution in [0.4, 0.5) is 4.39 Å². The Balaban J connectivity index is 1.52. The first kappa shape index (κ1) is 18.7. The molecule has 0 spiro atoms. The molecule has 3 aromatic rings. The van der Waals surface area contributed by atoms with E-state index >= 15 is 0 Å². The first-order valence-electron chi connectivity index (χ1n) is 9.40. The van der Waals surface area contributed by atoms with E-state index in [9.17, 15) is 4.39 Å². The van der Waals surface area contributed by atoms with Crippen LogP contribution < -0.4 is 9.47 Å². The number of benzene rings is 3. The first-order valence-corrected chi connectivity index (χ1v) is 9.40. The lowest BCUT2D eigenvalue weighted by atomic mass is 10.0. The number of morpholine rings is 1. The summed E-state index contributed by atoms with van der Waals surface area (Å²) in [7, 11) is 3.29. The van der Waals surface area contributed by atoms with Crippen LogP contribution in [-0.2, 0) is 11.3 Å². The summed E-state index contributed by atoms with van der Waals surface area (Å²) in [4.78, 5) is 2.28. The Labute approximate surface area is 164 Å². The van der Waals surface area contributed by atoms with Gasteiger partial charge in [0.15, 0.2) is 0 Å². The van der Waals surface area contributed by atoms with Crippen molar-refractivity contribution in [3.05, 3.63) is 71.5 Å². The number of ether oxygens (including phenoxy) is 3. The van der Waals surface area contributed by atoms with Gasteiger partial charge in [0.2, 0.25) is 0 Å². The van der Waals surface area contributed by atoms with E-state index in [2.05, 4.69) is 29.2 Å². The standard InChI is InChI=1S/C23H24FNO3/c1-26-21-7-5-16-11-18(4-3-17(16)13-21)23-15-25(9-10-28-23)14-19-12-20(24)6-8-22(19)27-2/h3-8,11-13,23H,9-10,14-15H2,1-2H3. The van der Waals surface area contributed by atoms with Gasteiger partial charge < -0.3 is 14.2 Å². The molecule has 1 atom stereocenters. The summed E-state index contributed by atoms with van der Waals surface area (Å²) in [5.74, 6) is 1.32. The summed E-state index contributed by atoms with van der Waals surface area (Å²) in [5, 5.41) is 2.30. The fourth-order valence-corrected chi connectivity index (χ4v) is 3.73. The zero-order valence-corrected chi connectivity index (χ0v) is 16.2. The molecule has 0 amide bonds. The van der Waals surface area contributed by atoms with Crippen LogP contribution in [0, 0.1) is 5.82 Å². The molecule has 146 valence electrons. The van der Waals surface area contributed by atoms with Crippen molar-refractivity contribution in [2.24, 2.45) is 0 Å². The fourth-order valence-electron chi connectivity index (χ4n) is 3.73. The van der Waals surface area contributed by atoms with E-state index in [1.165, 1.54) is 6.07 Å². The maximum Gasteiger partial charge on any atom is 0.123 e. The summed E-state index contributed by atoms with van der Waals surface area (Å²) < 4.78 is 30.4. The van der Waals surface area contributed by atoms with E-state index in [0.717, 1.165) is 40.7 Å². The van der Waals surface area contributed by atoms with Crippen molar-refractivity contribution in [2.75, 3.05) is 33.9 Å². The number of methoxy groups -OCH3 is 2. The lowest BCUT2D eigenvalue weighted by Crippen LogP contribution is -2.37. The van der Waals surface area contributed by atoms with Crippen molar-refractivity contribution in [2.45, 2.75) is 12.6 Å². The quantitative estimate of drug-likeness (QED) is 0.648. The van der Waals surface area contributed by atoms with Gasteiger partial charge in [-0.3, -0.25) is 4.90 Å². The van der Waals surface area contributed by atoms with Gasteiger partial charge in [0.1, 0.15) is 17.3 Å². The predicted molar refractivity (Wildman–Crippen MR) is 107 cm³/mol. The molecule has 0 aromatic heterocycles. The predicted octanol–water partition coefficient (Wildman–Crippen LogP) is 4.57. The summed E-state index contributed by atoms with van der Waals surface area (Å²) >= 11 is 0. The van der Waals surface area contributed by atoms with E-state index in [-0.39, 0.29) is 11.9 Å². The maximum absolute atomic E-state index is 13.7. The molecular weight excluding hydrogens is 357 g/mol. The Bertz CT molecular complexity index is 975. The number of nitrogens with zero attached hydrogens (tertiary/aromatic N) is 1.